The van der Waals surface area contributed by atoms with E-state index in [-0.39, 0.29) is 0 Å². The molecular formula is C24H33N3O3. The van der Waals surface area contributed by atoms with Gasteiger partial charge in [-0.3, -0.25) is 0 Å². The van der Waals surface area contributed by atoms with E-state index < -0.39 is 0 Å². The Hall–Kier alpha value is -2.18. The Morgan fingerprint density at radius 1 is 1.13 bits per heavy atom. The minimum absolute atomic E-state index is 0.689. The van der Waals surface area contributed by atoms with Crippen LogP contribution < -0.4 is 9.47 Å². The summed E-state index contributed by atoms with van der Waals surface area (Å²) >= 11 is 0. The quantitative estimate of drug-likeness (QED) is 0.528. The van der Waals surface area contributed by atoms with Crippen LogP contribution in [0.15, 0.2) is 30.5 Å². The Morgan fingerprint density at radius 3 is 2.77 bits per heavy atom. The zero-order valence-corrected chi connectivity index (χ0v) is 18.0. The molecule has 0 saturated carbocycles. The lowest BCUT2D eigenvalue weighted by Crippen LogP contribution is -2.27. The number of aryl methyl sites for hydroxylation is 1. The molecule has 2 aliphatic heterocycles. The maximum atomic E-state index is 6.07. The number of benzene rings is 1. The Balaban J connectivity index is 1.32. The lowest BCUT2D eigenvalue weighted by atomic mass is 10.0. The molecule has 6 heteroatoms. The maximum absolute atomic E-state index is 6.07. The Morgan fingerprint density at radius 2 is 2.00 bits per heavy atom. The van der Waals surface area contributed by atoms with Crippen molar-refractivity contribution in [2.24, 2.45) is 5.92 Å². The van der Waals surface area contributed by atoms with E-state index in [0.29, 0.717) is 18.9 Å². The zero-order chi connectivity index (χ0) is 20.6. The standard InChI is InChI=1S/C24H33N3O3/c1-28-22-8-6-19(15-23(22)30-14-4-13-27-11-2-3-12-27)16-24-25-10-9-21(26-24)7-5-20-17-29-18-20/h6,8-10,15,20H,2-5,7,11-14,16-18H2,1H3. The second kappa shape index (κ2) is 10.7. The van der Waals surface area contributed by atoms with E-state index in [1.54, 1.807) is 7.11 Å². The fourth-order valence-corrected chi connectivity index (χ4v) is 4.07. The molecule has 0 spiro atoms. The van der Waals surface area contributed by atoms with Crippen LogP contribution in [0.5, 0.6) is 11.5 Å². The van der Waals surface area contributed by atoms with Crippen molar-refractivity contribution in [2.45, 2.75) is 38.5 Å². The molecule has 162 valence electrons. The van der Waals surface area contributed by atoms with Gasteiger partial charge in [0.2, 0.25) is 0 Å². The summed E-state index contributed by atoms with van der Waals surface area (Å²) in [4.78, 5) is 11.7. The van der Waals surface area contributed by atoms with E-state index in [1.165, 1.54) is 25.9 Å². The van der Waals surface area contributed by atoms with E-state index in [1.807, 2.05) is 18.3 Å². The van der Waals surface area contributed by atoms with Crippen molar-refractivity contribution in [1.29, 1.82) is 0 Å². The first kappa shape index (κ1) is 21.1. The zero-order valence-electron chi connectivity index (χ0n) is 18.0. The third-order valence-electron chi connectivity index (χ3n) is 5.94. The smallest absolute Gasteiger partial charge is 0.161 e. The first-order valence-corrected chi connectivity index (χ1v) is 11.2. The predicted molar refractivity (Wildman–Crippen MR) is 116 cm³/mol. The number of methoxy groups -OCH3 is 1. The Labute approximate surface area is 179 Å². The molecule has 6 nitrogen and oxygen atoms in total. The van der Waals surface area contributed by atoms with Gasteiger partial charge in [-0.1, -0.05) is 6.07 Å². The van der Waals surface area contributed by atoms with Gasteiger partial charge in [0.05, 0.1) is 26.9 Å². The summed E-state index contributed by atoms with van der Waals surface area (Å²) in [5, 5.41) is 0. The van der Waals surface area contributed by atoms with Crippen molar-refractivity contribution in [3.63, 3.8) is 0 Å². The molecular weight excluding hydrogens is 378 g/mol. The van der Waals surface area contributed by atoms with E-state index in [0.717, 1.165) is 67.6 Å². The maximum Gasteiger partial charge on any atom is 0.161 e. The first-order chi connectivity index (χ1) is 14.8. The largest absolute Gasteiger partial charge is 0.493 e. The van der Waals surface area contributed by atoms with Crippen LogP contribution in [0.25, 0.3) is 0 Å². The normalized spacial score (nSPS) is 17.1. The van der Waals surface area contributed by atoms with Crippen LogP contribution >= 0.6 is 0 Å². The molecule has 30 heavy (non-hydrogen) atoms. The summed E-state index contributed by atoms with van der Waals surface area (Å²) in [6.45, 7) is 6.05. The van der Waals surface area contributed by atoms with Crippen LogP contribution in [-0.4, -0.2) is 61.4 Å². The number of hydrogen-bond acceptors (Lipinski definition) is 6. The second-order valence-electron chi connectivity index (χ2n) is 8.32. The van der Waals surface area contributed by atoms with Crippen LogP contribution in [-0.2, 0) is 17.6 Å². The molecule has 0 unspecified atom stereocenters. The highest BCUT2D eigenvalue weighted by atomic mass is 16.5. The van der Waals surface area contributed by atoms with Gasteiger partial charge >= 0.3 is 0 Å². The lowest BCUT2D eigenvalue weighted by molar-refractivity contribution is -0.0353. The summed E-state index contributed by atoms with van der Waals surface area (Å²) in [5.41, 5.74) is 2.24. The van der Waals surface area contributed by atoms with Gasteiger partial charge in [0.1, 0.15) is 5.82 Å². The van der Waals surface area contributed by atoms with Crippen LogP contribution in [0.2, 0.25) is 0 Å². The molecule has 4 rings (SSSR count). The van der Waals surface area contributed by atoms with Gasteiger partial charge < -0.3 is 19.1 Å². The molecule has 3 heterocycles. The molecule has 2 fully saturated rings. The molecule has 0 bridgehead atoms. The summed E-state index contributed by atoms with van der Waals surface area (Å²) in [5.74, 6) is 3.12. The third-order valence-corrected chi connectivity index (χ3v) is 5.94. The molecule has 0 atom stereocenters. The second-order valence-corrected chi connectivity index (χ2v) is 8.32. The average molecular weight is 412 g/mol. The molecule has 2 saturated heterocycles. The molecule has 1 aromatic heterocycles. The van der Waals surface area contributed by atoms with Gasteiger partial charge in [-0.05, 0) is 69.0 Å². The monoisotopic (exact) mass is 411 g/mol. The van der Waals surface area contributed by atoms with Gasteiger partial charge in [0.15, 0.2) is 11.5 Å². The van der Waals surface area contributed by atoms with Crippen molar-refractivity contribution in [2.75, 3.05) is 46.6 Å². The molecule has 0 amide bonds. The van der Waals surface area contributed by atoms with Crippen LogP contribution in [0, 0.1) is 5.92 Å². The lowest BCUT2D eigenvalue weighted by Gasteiger charge is -2.25. The Kier molecular flexibility index (Phi) is 7.54. The Bertz CT molecular complexity index is 804. The average Bonchev–Trinajstić information content (AvgIpc) is 3.24. The molecule has 2 aliphatic rings. The van der Waals surface area contributed by atoms with Gasteiger partial charge in [-0.15, -0.1) is 0 Å². The first-order valence-electron chi connectivity index (χ1n) is 11.2. The molecule has 0 radical (unpaired) electrons. The minimum atomic E-state index is 0.689. The van der Waals surface area contributed by atoms with E-state index in [4.69, 9.17) is 19.2 Å². The van der Waals surface area contributed by atoms with Crippen molar-refractivity contribution >= 4 is 0 Å². The van der Waals surface area contributed by atoms with Crippen LogP contribution in [0.3, 0.4) is 0 Å². The number of hydrogen-bond donors (Lipinski definition) is 0. The highest BCUT2D eigenvalue weighted by molar-refractivity contribution is 5.43. The summed E-state index contributed by atoms with van der Waals surface area (Å²) in [6, 6.07) is 8.13. The predicted octanol–water partition coefficient (Wildman–Crippen LogP) is 3.52. The number of ether oxygens (including phenoxy) is 3. The van der Waals surface area contributed by atoms with Gasteiger partial charge in [-0.25, -0.2) is 9.97 Å². The summed E-state index contributed by atoms with van der Waals surface area (Å²) in [6.07, 6.45) is 8.36. The molecule has 1 aromatic carbocycles. The van der Waals surface area contributed by atoms with Crippen molar-refractivity contribution < 1.29 is 14.2 Å². The van der Waals surface area contributed by atoms with E-state index in [2.05, 4.69) is 22.0 Å². The topological polar surface area (TPSA) is 56.7 Å². The SMILES string of the molecule is COc1ccc(Cc2nccc(CCC3COC3)n2)cc1OCCCN1CCCC1. The molecule has 0 aliphatic carbocycles. The van der Waals surface area contributed by atoms with Crippen LogP contribution in [0.1, 0.15) is 42.8 Å². The van der Waals surface area contributed by atoms with E-state index >= 15 is 0 Å². The summed E-state index contributed by atoms with van der Waals surface area (Å²) in [7, 11) is 1.69. The number of likely N-dealkylation sites (tertiary alicyclic amines) is 1. The minimum Gasteiger partial charge on any atom is -0.493 e. The highest BCUT2D eigenvalue weighted by Gasteiger charge is 2.18. The van der Waals surface area contributed by atoms with Gasteiger partial charge in [0.25, 0.3) is 0 Å². The number of nitrogens with zero attached hydrogens (tertiary/aromatic N) is 3. The number of rotatable bonds is 11. The fourth-order valence-electron chi connectivity index (χ4n) is 4.07. The van der Waals surface area contributed by atoms with Gasteiger partial charge in [0, 0.05) is 30.8 Å². The third kappa shape index (κ3) is 5.92. The number of aromatic nitrogens is 2. The van der Waals surface area contributed by atoms with Gasteiger partial charge in [-0.2, -0.15) is 0 Å². The van der Waals surface area contributed by atoms with Crippen molar-refractivity contribution in [3.05, 3.63) is 47.5 Å². The van der Waals surface area contributed by atoms with E-state index in [9.17, 15) is 0 Å². The summed E-state index contributed by atoms with van der Waals surface area (Å²) < 4.78 is 16.8. The fraction of sp³-hybridized carbons (Fsp3) is 0.583. The van der Waals surface area contributed by atoms with Crippen molar-refractivity contribution in [3.8, 4) is 11.5 Å². The highest BCUT2D eigenvalue weighted by Crippen LogP contribution is 2.29. The molecule has 2 aromatic rings. The molecule has 0 N–H and O–H groups in total. The van der Waals surface area contributed by atoms with Crippen molar-refractivity contribution in [1.82, 2.24) is 14.9 Å². The van der Waals surface area contributed by atoms with Crippen LogP contribution in [0.4, 0.5) is 0 Å².